The number of carbonyl (C=O) groups is 1. The Hall–Kier alpha value is -3.45. The van der Waals surface area contributed by atoms with Crippen LogP contribution in [0.5, 0.6) is 0 Å². The highest BCUT2D eigenvalue weighted by molar-refractivity contribution is 6.30. The second-order valence-corrected chi connectivity index (χ2v) is 6.12. The van der Waals surface area contributed by atoms with E-state index >= 15 is 0 Å². The van der Waals surface area contributed by atoms with Gasteiger partial charge in [-0.15, -0.1) is 0 Å². The summed E-state index contributed by atoms with van der Waals surface area (Å²) in [6, 6.07) is 14.5. The van der Waals surface area contributed by atoms with E-state index in [9.17, 15) is 14.9 Å². The molecule has 3 rings (SSSR count). The number of hydrogen-bond acceptors (Lipinski definition) is 5. The molecule has 1 amide bonds. The summed E-state index contributed by atoms with van der Waals surface area (Å²) in [5.74, 6) is 0.285. The van der Waals surface area contributed by atoms with Crippen LogP contribution in [0.1, 0.15) is 21.7 Å². The van der Waals surface area contributed by atoms with E-state index in [2.05, 4.69) is 10.5 Å². The highest BCUT2D eigenvalue weighted by Crippen LogP contribution is 2.31. The lowest BCUT2D eigenvalue weighted by atomic mass is 10.1. The first-order valence-corrected chi connectivity index (χ1v) is 8.26. The summed E-state index contributed by atoms with van der Waals surface area (Å²) < 4.78 is 5.58. The molecule has 136 valence electrons. The second kappa shape index (κ2) is 7.84. The summed E-state index contributed by atoms with van der Waals surface area (Å²) in [7, 11) is 0. The number of nitrogens with zero attached hydrogens (tertiary/aromatic N) is 2. The Morgan fingerprint density at radius 2 is 1.93 bits per heavy atom. The van der Waals surface area contributed by atoms with E-state index in [0.29, 0.717) is 27.7 Å². The maximum absolute atomic E-state index is 12.0. The number of amides is 1. The van der Waals surface area contributed by atoms with E-state index in [1.165, 1.54) is 12.3 Å². The van der Waals surface area contributed by atoms with Gasteiger partial charge >= 0.3 is 0 Å². The van der Waals surface area contributed by atoms with E-state index < -0.39 is 10.8 Å². The maximum Gasteiger partial charge on any atom is 0.280 e. The van der Waals surface area contributed by atoms with Crippen molar-refractivity contribution in [1.29, 1.82) is 0 Å². The predicted molar refractivity (Wildman–Crippen MR) is 102 cm³/mol. The van der Waals surface area contributed by atoms with Crippen molar-refractivity contribution < 1.29 is 14.1 Å². The van der Waals surface area contributed by atoms with Crippen molar-refractivity contribution in [3.63, 3.8) is 0 Å². The van der Waals surface area contributed by atoms with Crippen LogP contribution in [0.15, 0.2) is 64.1 Å². The molecule has 0 aliphatic rings. The SMILES string of the molecule is Cc1ccc(-c2ccc(/C=N\NC(=O)c3ccc(Cl)cc3)o2)c([N+](=O)[O-])c1. The normalized spacial score (nSPS) is 10.9. The molecule has 3 aromatic rings. The van der Waals surface area contributed by atoms with Crippen molar-refractivity contribution in [3.8, 4) is 11.3 Å². The van der Waals surface area contributed by atoms with Gasteiger partial charge in [0.2, 0.25) is 0 Å². The number of furan rings is 1. The Balaban J connectivity index is 1.73. The maximum atomic E-state index is 12.0. The van der Waals surface area contributed by atoms with Crippen LogP contribution >= 0.6 is 11.6 Å². The average molecular weight is 384 g/mol. The third-order valence-electron chi connectivity index (χ3n) is 3.71. The van der Waals surface area contributed by atoms with Gasteiger partial charge in [0.25, 0.3) is 11.6 Å². The van der Waals surface area contributed by atoms with Crippen LogP contribution < -0.4 is 5.43 Å². The van der Waals surface area contributed by atoms with Gasteiger partial charge in [0.1, 0.15) is 11.5 Å². The average Bonchev–Trinajstić information content (AvgIpc) is 3.10. The fraction of sp³-hybridized carbons (Fsp3) is 0.0526. The molecule has 8 heteroatoms. The molecule has 27 heavy (non-hydrogen) atoms. The summed E-state index contributed by atoms with van der Waals surface area (Å²) in [6.07, 6.45) is 1.32. The van der Waals surface area contributed by atoms with Gasteiger partial charge in [-0.2, -0.15) is 5.10 Å². The highest BCUT2D eigenvalue weighted by Gasteiger charge is 2.18. The Morgan fingerprint density at radius 3 is 2.63 bits per heavy atom. The number of rotatable bonds is 5. The number of carbonyl (C=O) groups excluding carboxylic acids is 1. The molecule has 2 aromatic carbocycles. The Labute approximate surface area is 159 Å². The number of benzene rings is 2. The zero-order valence-electron chi connectivity index (χ0n) is 14.2. The van der Waals surface area contributed by atoms with E-state index in [-0.39, 0.29) is 5.69 Å². The molecule has 1 N–H and O–H groups in total. The molecule has 0 bridgehead atoms. The number of nitrogens with one attached hydrogen (secondary N) is 1. The molecule has 7 nitrogen and oxygen atoms in total. The molecular weight excluding hydrogens is 370 g/mol. The number of nitro benzene ring substituents is 1. The van der Waals surface area contributed by atoms with Crippen molar-refractivity contribution in [2.24, 2.45) is 5.10 Å². The Bertz CT molecular complexity index is 1030. The van der Waals surface area contributed by atoms with Crippen LogP contribution in [-0.2, 0) is 0 Å². The molecule has 0 fully saturated rings. The fourth-order valence-electron chi connectivity index (χ4n) is 2.39. The van der Waals surface area contributed by atoms with Crippen molar-refractivity contribution in [2.75, 3.05) is 0 Å². The summed E-state index contributed by atoms with van der Waals surface area (Å²) in [5, 5.41) is 15.6. The number of halogens is 1. The first-order valence-electron chi connectivity index (χ1n) is 7.88. The topological polar surface area (TPSA) is 97.7 Å². The molecule has 0 atom stereocenters. The fourth-order valence-corrected chi connectivity index (χ4v) is 2.51. The van der Waals surface area contributed by atoms with Crippen molar-refractivity contribution in [2.45, 2.75) is 6.92 Å². The summed E-state index contributed by atoms with van der Waals surface area (Å²) in [6.45, 7) is 1.78. The lowest BCUT2D eigenvalue weighted by molar-refractivity contribution is -0.384. The Morgan fingerprint density at radius 1 is 1.19 bits per heavy atom. The highest BCUT2D eigenvalue weighted by atomic mass is 35.5. The number of nitro groups is 1. The van der Waals surface area contributed by atoms with Crippen LogP contribution in [0.4, 0.5) is 5.69 Å². The van der Waals surface area contributed by atoms with Crippen LogP contribution in [0.2, 0.25) is 5.02 Å². The lowest BCUT2D eigenvalue weighted by Gasteiger charge is -2.01. The van der Waals surface area contributed by atoms with E-state index in [4.69, 9.17) is 16.0 Å². The Kier molecular flexibility index (Phi) is 5.33. The predicted octanol–water partition coefficient (Wildman–Crippen LogP) is 4.58. The van der Waals surface area contributed by atoms with Gasteiger partial charge in [0.05, 0.1) is 16.7 Å². The molecule has 1 aromatic heterocycles. The van der Waals surface area contributed by atoms with E-state index in [0.717, 1.165) is 5.56 Å². The van der Waals surface area contributed by atoms with Crippen LogP contribution in [0.3, 0.4) is 0 Å². The van der Waals surface area contributed by atoms with Gasteiger partial charge in [-0.3, -0.25) is 14.9 Å². The van der Waals surface area contributed by atoms with Crippen molar-refractivity contribution >= 4 is 29.4 Å². The largest absolute Gasteiger partial charge is 0.455 e. The standard InChI is InChI=1S/C19H14ClN3O4/c1-12-2-8-16(17(10-12)23(25)26)18-9-7-15(27-18)11-21-22-19(24)13-3-5-14(20)6-4-13/h2-11H,1H3,(H,22,24)/b21-11-. The van der Waals surface area contributed by atoms with Crippen LogP contribution in [-0.4, -0.2) is 17.0 Å². The molecule has 0 unspecified atom stereocenters. The number of aryl methyl sites for hydroxylation is 1. The molecule has 0 aliphatic carbocycles. The molecular formula is C19H14ClN3O4. The van der Waals surface area contributed by atoms with Crippen molar-refractivity contribution in [1.82, 2.24) is 5.43 Å². The zero-order chi connectivity index (χ0) is 19.4. The van der Waals surface area contributed by atoms with Crippen LogP contribution in [0.25, 0.3) is 11.3 Å². The first-order chi connectivity index (χ1) is 12.9. The van der Waals surface area contributed by atoms with Gasteiger partial charge < -0.3 is 4.42 Å². The summed E-state index contributed by atoms with van der Waals surface area (Å²) in [4.78, 5) is 22.7. The van der Waals surface area contributed by atoms with Gasteiger partial charge in [0, 0.05) is 16.7 Å². The second-order valence-electron chi connectivity index (χ2n) is 5.69. The molecule has 0 aliphatic heterocycles. The molecule has 0 spiro atoms. The quantitative estimate of drug-likeness (QED) is 0.396. The first kappa shape index (κ1) is 18.3. The summed E-state index contributed by atoms with van der Waals surface area (Å²) >= 11 is 5.78. The lowest BCUT2D eigenvalue weighted by Crippen LogP contribution is -2.17. The minimum atomic E-state index is -0.453. The van der Waals surface area contributed by atoms with Crippen molar-refractivity contribution in [3.05, 3.63) is 86.6 Å². The van der Waals surface area contributed by atoms with E-state index in [1.807, 2.05) is 0 Å². The smallest absolute Gasteiger partial charge is 0.280 e. The third kappa shape index (κ3) is 4.39. The number of hydrogen-bond donors (Lipinski definition) is 1. The van der Waals surface area contributed by atoms with E-state index in [1.54, 1.807) is 55.5 Å². The molecule has 1 heterocycles. The minimum Gasteiger partial charge on any atom is -0.455 e. The van der Waals surface area contributed by atoms with Gasteiger partial charge in [0.15, 0.2) is 0 Å². The molecule has 0 saturated carbocycles. The van der Waals surface area contributed by atoms with Gasteiger partial charge in [-0.25, -0.2) is 5.43 Å². The third-order valence-corrected chi connectivity index (χ3v) is 3.96. The number of hydrazone groups is 1. The minimum absolute atomic E-state index is 0.0381. The van der Waals surface area contributed by atoms with Crippen LogP contribution in [0, 0.1) is 17.0 Å². The zero-order valence-corrected chi connectivity index (χ0v) is 14.9. The monoisotopic (exact) mass is 383 g/mol. The van der Waals surface area contributed by atoms with Gasteiger partial charge in [-0.05, 0) is 55.0 Å². The summed E-state index contributed by atoms with van der Waals surface area (Å²) in [5.41, 5.74) is 3.90. The molecule has 0 radical (unpaired) electrons. The molecule has 0 saturated heterocycles. The van der Waals surface area contributed by atoms with Gasteiger partial charge in [-0.1, -0.05) is 17.7 Å².